The van der Waals surface area contributed by atoms with Crippen LogP contribution in [-0.4, -0.2) is 12.5 Å². The summed E-state index contributed by atoms with van der Waals surface area (Å²) in [5.41, 5.74) is 3.57. The van der Waals surface area contributed by atoms with Crippen LogP contribution < -0.4 is 5.32 Å². The average molecular weight is 189 g/mol. The van der Waals surface area contributed by atoms with E-state index in [1.165, 1.54) is 24.0 Å². The predicted molar refractivity (Wildman–Crippen MR) is 56.5 cm³/mol. The van der Waals surface area contributed by atoms with Gasteiger partial charge in [0.1, 0.15) is 0 Å². The summed E-state index contributed by atoms with van der Waals surface area (Å²) >= 11 is 0. The Labute approximate surface area is 84.3 Å². The Balaban J connectivity index is 2.24. The van der Waals surface area contributed by atoms with Crippen LogP contribution in [0.5, 0.6) is 0 Å². The van der Waals surface area contributed by atoms with Gasteiger partial charge >= 0.3 is 0 Å². The SMILES string of the molecule is CCNC(=O)c1ccc2c(c1)CCC2. The molecule has 0 radical (unpaired) electrons. The first-order chi connectivity index (χ1) is 6.81. The minimum Gasteiger partial charge on any atom is -0.352 e. The molecule has 0 unspecified atom stereocenters. The molecule has 2 nitrogen and oxygen atoms in total. The lowest BCUT2D eigenvalue weighted by Gasteiger charge is -2.04. The molecule has 1 aromatic rings. The Bertz CT molecular complexity index is 357. The molecule has 0 saturated carbocycles. The summed E-state index contributed by atoms with van der Waals surface area (Å²) in [6.07, 6.45) is 3.53. The van der Waals surface area contributed by atoms with E-state index in [1.807, 2.05) is 19.1 Å². The van der Waals surface area contributed by atoms with Gasteiger partial charge in [0, 0.05) is 12.1 Å². The van der Waals surface area contributed by atoms with Crippen molar-refractivity contribution in [3.8, 4) is 0 Å². The van der Waals surface area contributed by atoms with Gasteiger partial charge in [-0.3, -0.25) is 4.79 Å². The fourth-order valence-corrected chi connectivity index (χ4v) is 1.98. The molecule has 2 heteroatoms. The highest BCUT2D eigenvalue weighted by molar-refractivity contribution is 5.94. The summed E-state index contributed by atoms with van der Waals surface area (Å²) in [5, 5.41) is 2.81. The molecule has 0 aromatic heterocycles. The quantitative estimate of drug-likeness (QED) is 0.756. The smallest absolute Gasteiger partial charge is 0.251 e. The molecule has 0 fully saturated rings. The molecule has 1 N–H and O–H groups in total. The topological polar surface area (TPSA) is 29.1 Å². The zero-order valence-electron chi connectivity index (χ0n) is 8.47. The molecule has 1 aromatic carbocycles. The lowest BCUT2D eigenvalue weighted by Crippen LogP contribution is -2.22. The van der Waals surface area contributed by atoms with Crippen LogP contribution in [0.3, 0.4) is 0 Å². The molecular formula is C12H15NO. The van der Waals surface area contributed by atoms with Crippen molar-refractivity contribution in [2.24, 2.45) is 0 Å². The number of aryl methyl sites for hydroxylation is 2. The normalized spacial score (nSPS) is 13.8. The third kappa shape index (κ3) is 1.65. The van der Waals surface area contributed by atoms with Crippen LogP contribution in [0.4, 0.5) is 0 Å². The Morgan fingerprint density at radius 1 is 1.36 bits per heavy atom. The molecule has 74 valence electrons. The van der Waals surface area contributed by atoms with Gasteiger partial charge in [0.25, 0.3) is 5.91 Å². The van der Waals surface area contributed by atoms with Crippen molar-refractivity contribution in [1.29, 1.82) is 0 Å². The van der Waals surface area contributed by atoms with Gasteiger partial charge in [-0.1, -0.05) is 6.07 Å². The Kier molecular flexibility index (Phi) is 2.53. The van der Waals surface area contributed by atoms with E-state index in [1.54, 1.807) is 0 Å². The third-order valence-electron chi connectivity index (χ3n) is 2.70. The van der Waals surface area contributed by atoms with Crippen molar-refractivity contribution in [1.82, 2.24) is 5.32 Å². The van der Waals surface area contributed by atoms with E-state index in [9.17, 15) is 4.79 Å². The summed E-state index contributed by atoms with van der Waals surface area (Å²) < 4.78 is 0. The minimum absolute atomic E-state index is 0.0437. The van der Waals surface area contributed by atoms with Crippen molar-refractivity contribution >= 4 is 5.91 Å². The van der Waals surface area contributed by atoms with Crippen molar-refractivity contribution < 1.29 is 4.79 Å². The lowest BCUT2D eigenvalue weighted by molar-refractivity contribution is 0.0956. The van der Waals surface area contributed by atoms with Crippen molar-refractivity contribution in [2.45, 2.75) is 26.2 Å². The number of carbonyl (C=O) groups is 1. The van der Waals surface area contributed by atoms with E-state index in [-0.39, 0.29) is 5.91 Å². The summed E-state index contributed by atoms with van der Waals surface area (Å²) in [6, 6.07) is 6.05. The minimum atomic E-state index is 0.0437. The van der Waals surface area contributed by atoms with Crippen LogP contribution in [0.1, 0.15) is 34.8 Å². The van der Waals surface area contributed by atoms with E-state index < -0.39 is 0 Å². The van der Waals surface area contributed by atoms with Gasteiger partial charge in [0.05, 0.1) is 0 Å². The summed E-state index contributed by atoms with van der Waals surface area (Å²) in [4.78, 5) is 11.5. The highest BCUT2D eigenvalue weighted by Gasteiger charge is 2.13. The van der Waals surface area contributed by atoms with E-state index in [0.29, 0.717) is 6.54 Å². The fourth-order valence-electron chi connectivity index (χ4n) is 1.98. The largest absolute Gasteiger partial charge is 0.352 e. The van der Waals surface area contributed by atoms with Crippen LogP contribution in [0.15, 0.2) is 18.2 Å². The first kappa shape index (κ1) is 9.25. The van der Waals surface area contributed by atoms with Gasteiger partial charge in [-0.05, 0) is 49.4 Å². The first-order valence-corrected chi connectivity index (χ1v) is 5.21. The zero-order valence-corrected chi connectivity index (χ0v) is 8.47. The molecule has 0 spiro atoms. The summed E-state index contributed by atoms with van der Waals surface area (Å²) in [5.74, 6) is 0.0437. The average Bonchev–Trinajstić information content (AvgIpc) is 2.64. The molecule has 14 heavy (non-hydrogen) atoms. The molecule has 0 bridgehead atoms. The van der Waals surface area contributed by atoms with Crippen molar-refractivity contribution in [3.63, 3.8) is 0 Å². The second kappa shape index (κ2) is 3.82. The number of nitrogens with one attached hydrogen (secondary N) is 1. The molecule has 1 aliphatic carbocycles. The molecular weight excluding hydrogens is 174 g/mol. The maximum Gasteiger partial charge on any atom is 0.251 e. The number of hydrogen-bond donors (Lipinski definition) is 1. The highest BCUT2D eigenvalue weighted by Crippen LogP contribution is 2.22. The third-order valence-corrected chi connectivity index (χ3v) is 2.70. The van der Waals surface area contributed by atoms with E-state index in [2.05, 4.69) is 11.4 Å². The van der Waals surface area contributed by atoms with Gasteiger partial charge in [0.15, 0.2) is 0 Å². The molecule has 1 aliphatic rings. The van der Waals surface area contributed by atoms with Gasteiger partial charge < -0.3 is 5.32 Å². The molecule has 0 heterocycles. The fraction of sp³-hybridized carbons (Fsp3) is 0.417. The Morgan fingerprint density at radius 2 is 2.14 bits per heavy atom. The predicted octanol–water partition coefficient (Wildman–Crippen LogP) is 1.93. The highest BCUT2D eigenvalue weighted by atomic mass is 16.1. The van der Waals surface area contributed by atoms with Gasteiger partial charge in [-0.2, -0.15) is 0 Å². The van der Waals surface area contributed by atoms with Crippen LogP contribution >= 0.6 is 0 Å². The molecule has 1 amide bonds. The first-order valence-electron chi connectivity index (χ1n) is 5.21. The number of benzene rings is 1. The number of hydrogen-bond acceptors (Lipinski definition) is 1. The van der Waals surface area contributed by atoms with Crippen LogP contribution in [0.2, 0.25) is 0 Å². The monoisotopic (exact) mass is 189 g/mol. The van der Waals surface area contributed by atoms with Gasteiger partial charge in [-0.15, -0.1) is 0 Å². The van der Waals surface area contributed by atoms with Crippen molar-refractivity contribution in [3.05, 3.63) is 34.9 Å². The second-order valence-electron chi connectivity index (χ2n) is 3.70. The molecule has 0 aliphatic heterocycles. The maximum atomic E-state index is 11.5. The molecule has 0 saturated heterocycles. The van der Waals surface area contributed by atoms with Crippen LogP contribution in [0, 0.1) is 0 Å². The van der Waals surface area contributed by atoms with Gasteiger partial charge in [-0.25, -0.2) is 0 Å². The number of carbonyl (C=O) groups excluding carboxylic acids is 1. The number of amides is 1. The molecule has 2 rings (SSSR count). The zero-order chi connectivity index (χ0) is 9.97. The lowest BCUT2D eigenvalue weighted by atomic mass is 10.1. The maximum absolute atomic E-state index is 11.5. The Hall–Kier alpha value is -1.31. The van der Waals surface area contributed by atoms with E-state index in [0.717, 1.165) is 12.0 Å². The van der Waals surface area contributed by atoms with Gasteiger partial charge in [0.2, 0.25) is 0 Å². The Morgan fingerprint density at radius 3 is 2.93 bits per heavy atom. The number of rotatable bonds is 2. The van der Waals surface area contributed by atoms with Crippen LogP contribution in [-0.2, 0) is 12.8 Å². The summed E-state index contributed by atoms with van der Waals surface area (Å²) in [6.45, 7) is 2.63. The van der Waals surface area contributed by atoms with Crippen molar-refractivity contribution in [2.75, 3.05) is 6.54 Å². The standard InChI is InChI=1S/C12H15NO/c1-2-13-12(14)11-7-6-9-4-3-5-10(9)8-11/h6-8H,2-5H2,1H3,(H,13,14). The summed E-state index contributed by atoms with van der Waals surface area (Å²) in [7, 11) is 0. The van der Waals surface area contributed by atoms with E-state index >= 15 is 0 Å². The van der Waals surface area contributed by atoms with E-state index in [4.69, 9.17) is 0 Å². The molecule has 0 atom stereocenters. The second-order valence-corrected chi connectivity index (χ2v) is 3.70. The number of fused-ring (bicyclic) bond motifs is 1. The van der Waals surface area contributed by atoms with Crippen LogP contribution in [0.25, 0.3) is 0 Å².